The van der Waals surface area contributed by atoms with E-state index in [1.165, 1.54) is 0 Å². The van der Waals surface area contributed by atoms with Crippen LogP contribution in [0, 0.1) is 0 Å². The second kappa shape index (κ2) is 4.92. The quantitative estimate of drug-likeness (QED) is 0.833. The van der Waals surface area contributed by atoms with Crippen LogP contribution in [0.15, 0.2) is 18.3 Å². The lowest BCUT2D eigenvalue weighted by Gasteiger charge is -2.29. The van der Waals surface area contributed by atoms with E-state index in [0.717, 1.165) is 38.2 Å². The zero-order valence-electron chi connectivity index (χ0n) is 8.69. The van der Waals surface area contributed by atoms with Gasteiger partial charge in [0.25, 0.3) is 0 Å². The third-order valence-electron chi connectivity index (χ3n) is 2.81. The summed E-state index contributed by atoms with van der Waals surface area (Å²) in [4.78, 5) is 6.68. The highest BCUT2D eigenvalue weighted by Crippen LogP contribution is 2.12. The number of likely N-dealkylation sites (tertiary alicyclic amines) is 1. The molecule has 2 heterocycles. The number of halogens is 1. The molecular weight excluding hydrogens is 210 g/mol. The van der Waals surface area contributed by atoms with Crippen molar-refractivity contribution in [2.75, 3.05) is 13.1 Å². The second-order valence-corrected chi connectivity index (χ2v) is 4.52. The predicted molar refractivity (Wildman–Crippen MR) is 61.7 cm³/mol. The molecule has 1 aliphatic heterocycles. The first-order chi connectivity index (χ1) is 7.24. The summed E-state index contributed by atoms with van der Waals surface area (Å²) < 4.78 is 0. The molecule has 0 radical (unpaired) electrons. The first kappa shape index (κ1) is 10.9. The molecule has 4 heteroatoms. The van der Waals surface area contributed by atoms with E-state index in [1.807, 2.05) is 12.1 Å². The van der Waals surface area contributed by atoms with E-state index in [2.05, 4.69) is 9.88 Å². The number of aromatic nitrogens is 1. The molecule has 1 aliphatic rings. The van der Waals surface area contributed by atoms with Crippen molar-refractivity contribution in [3.8, 4) is 0 Å². The summed E-state index contributed by atoms with van der Waals surface area (Å²) in [6.45, 7) is 3.06. The van der Waals surface area contributed by atoms with Gasteiger partial charge >= 0.3 is 0 Å². The van der Waals surface area contributed by atoms with Gasteiger partial charge in [0.1, 0.15) is 0 Å². The lowest BCUT2D eigenvalue weighted by Crippen LogP contribution is -2.39. The van der Waals surface area contributed by atoms with Gasteiger partial charge in [0.15, 0.2) is 0 Å². The van der Waals surface area contributed by atoms with Crippen molar-refractivity contribution in [1.29, 1.82) is 0 Å². The normalized spacial score (nSPS) is 19.3. The SMILES string of the molecule is NC1CCN(Cc2ccc(Cl)cn2)CC1. The molecule has 1 fully saturated rings. The summed E-state index contributed by atoms with van der Waals surface area (Å²) >= 11 is 5.78. The first-order valence-corrected chi connectivity index (χ1v) is 5.70. The van der Waals surface area contributed by atoms with Crippen LogP contribution in [0.5, 0.6) is 0 Å². The van der Waals surface area contributed by atoms with Crippen LogP contribution in [0.4, 0.5) is 0 Å². The molecule has 0 amide bonds. The number of nitrogens with zero attached hydrogens (tertiary/aromatic N) is 2. The molecule has 1 aromatic rings. The van der Waals surface area contributed by atoms with Crippen molar-refractivity contribution in [1.82, 2.24) is 9.88 Å². The number of pyridine rings is 1. The molecule has 1 saturated heterocycles. The van der Waals surface area contributed by atoms with E-state index < -0.39 is 0 Å². The molecule has 0 bridgehead atoms. The average Bonchev–Trinajstić information content (AvgIpc) is 2.25. The summed E-state index contributed by atoms with van der Waals surface area (Å²) in [5.41, 5.74) is 6.93. The van der Waals surface area contributed by atoms with Crippen LogP contribution in [-0.2, 0) is 6.54 Å². The maximum absolute atomic E-state index is 5.85. The Morgan fingerprint density at radius 1 is 1.40 bits per heavy atom. The summed E-state index contributed by atoms with van der Waals surface area (Å²) in [5.74, 6) is 0. The van der Waals surface area contributed by atoms with Crippen LogP contribution in [-0.4, -0.2) is 29.0 Å². The van der Waals surface area contributed by atoms with Gasteiger partial charge in [-0.25, -0.2) is 0 Å². The summed E-state index contributed by atoms with van der Waals surface area (Å²) in [6.07, 6.45) is 3.88. The largest absolute Gasteiger partial charge is 0.328 e. The topological polar surface area (TPSA) is 42.1 Å². The lowest BCUT2D eigenvalue weighted by atomic mass is 10.1. The van der Waals surface area contributed by atoms with Crippen LogP contribution in [0.3, 0.4) is 0 Å². The number of hydrogen-bond acceptors (Lipinski definition) is 3. The molecule has 0 aliphatic carbocycles. The Hall–Kier alpha value is -0.640. The van der Waals surface area contributed by atoms with Crippen LogP contribution < -0.4 is 5.73 Å². The van der Waals surface area contributed by atoms with Gasteiger partial charge in [-0.05, 0) is 25.0 Å². The Morgan fingerprint density at radius 3 is 2.73 bits per heavy atom. The standard InChI is InChI=1S/C11H16ClN3/c12-9-1-2-11(14-7-9)8-15-5-3-10(13)4-6-15/h1-2,7,10H,3-6,8,13H2. The van der Waals surface area contributed by atoms with Gasteiger partial charge in [0.2, 0.25) is 0 Å². The molecular formula is C11H16ClN3. The molecule has 2 rings (SSSR count). The summed E-state index contributed by atoms with van der Waals surface area (Å²) in [5, 5.41) is 0.694. The molecule has 82 valence electrons. The average molecular weight is 226 g/mol. The van der Waals surface area contributed by atoms with Crippen LogP contribution in [0.1, 0.15) is 18.5 Å². The van der Waals surface area contributed by atoms with E-state index in [9.17, 15) is 0 Å². The highest BCUT2D eigenvalue weighted by molar-refractivity contribution is 6.30. The molecule has 0 spiro atoms. The van der Waals surface area contributed by atoms with Crippen molar-refractivity contribution >= 4 is 11.6 Å². The first-order valence-electron chi connectivity index (χ1n) is 5.32. The Labute approximate surface area is 95.2 Å². The van der Waals surface area contributed by atoms with Crippen LogP contribution >= 0.6 is 11.6 Å². The molecule has 0 aromatic carbocycles. The van der Waals surface area contributed by atoms with Crippen LogP contribution in [0.25, 0.3) is 0 Å². The van der Waals surface area contributed by atoms with E-state index in [-0.39, 0.29) is 0 Å². The molecule has 1 aromatic heterocycles. The maximum Gasteiger partial charge on any atom is 0.0589 e. The third kappa shape index (κ3) is 3.16. The molecule has 0 atom stereocenters. The highest BCUT2D eigenvalue weighted by Gasteiger charge is 2.16. The van der Waals surface area contributed by atoms with Crippen molar-refractivity contribution in [2.45, 2.75) is 25.4 Å². The Morgan fingerprint density at radius 2 is 2.13 bits per heavy atom. The molecule has 3 nitrogen and oxygen atoms in total. The minimum atomic E-state index is 0.388. The minimum Gasteiger partial charge on any atom is -0.328 e. The number of hydrogen-bond donors (Lipinski definition) is 1. The van der Waals surface area contributed by atoms with Crippen molar-refractivity contribution in [2.24, 2.45) is 5.73 Å². The fraction of sp³-hybridized carbons (Fsp3) is 0.545. The Balaban J connectivity index is 1.89. The fourth-order valence-corrected chi connectivity index (χ4v) is 1.95. The minimum absolute atomic E-state index is 0.388. The van der Waals surface area contributed by atoms with Crippen molar-refractivity contribution in [3.05, 3.63) is 29.0 Å². The lowest BCUT2D eigenvalue weighted by molar-refractivity contribution is 0.203. The fourth-order valence-electron chi connectivity index (χ4n) is 1.84. The summed E-state index contributed by atoms with van der Waals surface area (Å²) in [6, 6.07) is 4.26. The van der Waals surface area contributed by atoms with Gasteiger partial charge in [-0.2, -0.15) is 0 Å². The van der Waals surface area contributed by atoms with Gasteiger partial charge in [-0.15, -0.1) is 0 Å². The molecule has 0 saturated carbocycles. The van der Waals surface area contributed by atoms with Crippen molar-refractivity contribution in [3.63, 3.8) is 0 Å². The smallest absolute Gasteiger partial charge is 0.0589 e. The Bertz CT molecular complexity index is 304. The number of piperidine rings is 1. The molecule has 0 unspecified atom stereocenters. The third-order valence-corrected chi connectivity index (χ3v) is 3.03. The number of nitrogens with two attached hydrogens (primary N) is 1. The van der Waals surface area contributed by atoms with Gasteiger partial charge in [0.05, 0.1) is 10.7 Å². The van der Waals surface area contributed by atoms with Crippen molar-refractivity contribution < 1.29 is 0 Å². The van der Waals surface area contributed by atoms with E-state index >= 15 is 0 Å². The molecule has 2 N–H and O–H groups in total. The van der Waals surface area contributed by atoms with Gasteiger partial charge in [-0.1, -0.05) is 11.6 Å². The van der Waals surface area contributed by atoms with E-state index in [1.54, 1.807) is 6.20 Å². The van der Waals surface area contributed by atoms with Crippen LogP contribution in [0.2, 0.25) is 5.02 Å². The summed E-state index contributed by atoms with van der Waals surface area (Å²) in [7, 11) is 0. The predicted octanol–water partition coefficient (Wildman–Crippen LogP) is 1.66. The Kier molecular flexibility index (Phi) is 3.57. The zero-order valence-corrected chi connectivity index (χ0v) is 9.45. The van der Waals surface area contributed by atoms with Gasteiger partial charge < -0.3 is 5.73 Å². The zero-order chi connectivity index (χ0) is 10.7. The van der Waals surface area contributed by atoms with Gasteiger partial charge in [0, 0.05) is 31.9 Å². The van der Waals surface area contributed by atoms with E-state index in [4.69, 9.17) is 17.3 Å². The number of rotatable bonds is 2. The van der Waals surface area contributed by atoms with Gasteiger partial charge in [-0.3, -0.25) is 9.88 Å². The maximum atomic E-state index is 5.85. The monoisotopic (exact) mass is 225 g/mol. The van der Waals surface area contributed by atoms with E-state index in [0.29, 0.717) is 11.1 Å². The second-order valence-electron chi connectivity index (χ2n) is 4.08. The molecule has 15 heavy (non-hydrogen) atoms. The highest BCUT2D eigenvalue weighted by atomic mass is 35.5.